The molecule has 1 N–H and O–H groups in total. The first kappa shape index (κ1) is 22.7. The molecule has 2 aromatic carbocycles. The highest BCUT2D eigenvalue weighted by atomic mass is 19.1. The van der Waals surface area contributed by atoms with Crippen LogP contribution < -0.4 is 5.32 Å². The molecule has 7 nitrogen and oxygen atoms in total. The molecule has 0 saturated heterocycles. The van der Waals surface area contributed by atoms with E-state index in [0.29, 0.717) is 48.8 Å². The normalized spacial score (nSPS) is 16.3. The van der Waals surface area contributed by atoms with Crippen molar-refractivity contribution < 1.29 is 18.4 Å². The summed E-state index contributed by atoms with van der Waals surface area (Å²) in [4.78, 5) is 19.2. The summed E-state index contributed by atoms with van der Waals surface area (Å²) in [7, 11) is 0. The number of aryl methyl sites for hydroxylation is 1. The van der Waals surface area contributed by atoms with Crippen LogP contribution in [-0.2, 0) is 4.74 Å². The number of nitrogens with zero attached hydrogens (tertiary/aromatic N) is 3. The van der Waals surface area contributed by atoms with Gasteiger partial charge in [0.05, 0.1) is 11.6 Å². The summed E-state index contributed by atoms with van der Waals surface area (Å²) in [5.41, 5.74) is 3.88. The number of halogens is 1. The third-order valence-corrected chi connectivity index (χ3v) is 5.62. The Morgan fingerprint density at radius 2 is 1.97 bits per heavy atom. The minimum Gasteiger partial charge on any atom is -0.382 e. The van der Waals surface area contributed by atoms with E-state index >= 15 is 0 Å². The van der Waals surface area contributed by atoms with E-state index in [1.54, 1.807) is 17.0 Å². The van der Waals surface area contributed by atoms with Gasteiger partial charge in [0.25, 0.3) is 5.89 Å². The molecule has 1 aliphatic heterocycles. The summed E-state index contributed by atoms with van der Waals surface area (Å²) >= 11 is 0. The van der Waals surface area contributed by atoms with Crippen LogP contribution >= 0.6 is 0 Å². The predicted octanol–water partition coefficient (Wildman–Crippen LogP) is 5.11. The van der Waals surface area contributed by atoms with E-state index in [0.717, 1.165) is 11.1 Å². The summed E-state index contributed by atoms with van der Waals surface area (Å²) in [5.74, 6) is 0.346. The topological polar surface area (TPSA) is 80.5 Å². The van der Waals surface area contributed by atoms with E-state index in [-0.39, 0.29) is 17.7 Å². The molecule has 1 aliphatic rings. The predicted molar refractivity (Wildman–Crippen MR) is 123 cm³/mol. The monoisotopic (exact) mass is 450 g/mol. The second-order valence-electron chi connectivity index (χ2n) is 7.93. The number of carbonyl (C=O) groups excluding carboxylic acids is 1. The van der Waals surface area contributed by atoms with Gasteiger partial charge < -0.3 is 14.6 Å². The minimum absolute atomic E-state index is 0.264. The van der Waals surface area contributed by atoms with Crippen LogP contribution in [0.25, 0.3) is 17.0 Å². The maximum Gasteiger partial charge on any atom is 0.322 e. The van der Waals surface area contributed by atoms with Gasteiger partial charge in [0.1, 0.15) is 5.82 Å². The third-order valence-electron chi connectivity index (χ3n) is 5.62. The lowest BCUT2D eigenvalue weighted by Gasteiger charge is -2.35. The number of carbonyl (C=O) groups is 1. The molecule has 1 unspecified atom stereocenters. The van der Waals surface area contributed by atoms with E-state index in [2.05, 4.69) is 15.5 Å². The highest BCUT2D eigenvalue weighted by molar-refractivity contribution is 5.86. The van der Waals surface area contributed by atoms with Crippen LogP contribution in [0.1, 0.15) is 43.3 Å². The Kier molecular flexibility index (Phi) is 6.84. The molecule has 0 spiro atoms. The molecule has 2 amide bonds. The summed E-state index contributed by atoms with van der Waals surface area (Å²) in [6, 6.07) is 13.1. The van der Waals surface area contributed by atoms with Gasteiger partial charge in [-0.3, -0.25) is 4.90 Å². The van der Waals surface area contributed by atoms with Crippen molar-refractivity contribution in [1.82, 2.24) is 20.4 Å². The number of rotatable bonds is 8. The number of aromatic nitrogens is 2. The van der Waals surface area contributed by atoms with Gasteiger partial charge in [-0.1, -0.05) is 47.1 Å². The fourth-order valence-corrected chi connectivity index (χ4v) is 3.89. The van der Waals surface area contributed by atoms with Gasteiger partial charge in [-0.25, -0.2) is 9.18 Å². The molecule has 1 aromatic heterocycles. The highest BCUT2D eigenvalue weighted by Crippen LogP contribution is 2.37. The lowest BCUT2D eigenvalue weighted by atomic mass is 9.94. The molecule has 0 fully saturated rings. The molecule has 33 heavy (non-hydrogen) atoms. The van der Waals surface area contributed by atoms with Crippen LogP contribution in [0.5, 0.6) is 0 Å². The average Bonchev–Trinajstić information content (AvgIpc) is 3.28. The molecular weight excluding hydrogens is 423 g/mol. The quantitative estimate of drug-likeness (QED) is 0.483. The second-order valence-corrected chi connectivity index (χ2v) is 7.93. The fourth-order valence-electron chi connectivity index (χ4n) is 3.89. The molecule has 4 rings (SSSR count). The Hall–Kier alpha value is -3.52. The number of hydrogen-bond acceptors (Lipinski definition) is 5. The third kappa shape index (κ3) is 4.96. The lowest BCUT2D eigenvalue weighted by molar-refractivity contribution is 0.136. The number of ether oxygens (including phenoxy) is 1. The van der Waals surface area contributed by atoms with Crippen molar-refractivity contribution in [2.45, 2.75) is 33.2 Å². The van der Waals surface area contributed by atoms with Crippen molar-refractivity contribution in [2.24, 2.45) is 0 Å². The van der Waals surface area contributed by atoms with E-state index in [1.165, 1.54) is 12.1 Å². The van der Waals surface area contributed by atoms with Gasteiger partial charge >= 0.3 is 6.03 Å². The van der Waals surface area contributed by atoms with Gasteiger partial charge in [-0.15, -0.1) is 0 Å². The number of urea groups is 1. The van der Waals surface area contributed by atoms with Crippen molar-refractivity contribution in [2.75, 3.05) is 19.8 Å². The maximum absolute atomic E-state index is 14.0. The molecule has 1 atom stereocenters. The van der Waals surface area contributed by atoms with Crippen LogP contribution in [-0.4, -0.2) is 40.8 Å². The van der Waals surface area contributed by atoms with Gasteiger partial charge in [0.15, 0.2) is 0 Å². The molecular formula is C25H27FN4O3. The molecule has 0 aliphatic carbocycles. The number of nitrogens with one attached hydrogen (secondary N) is 1. The van der Waals surface area contributed by atoms with E-state index in [1.807, 2.05) is 45.0 Å². The smallest absolute Gasteiger partial charge is 0.322 e. The first-order valence-electron chi connectivity index (χ1n) is 11.0. The zero-order chi connectivity index (χ0) is 23.4. The summed E-state index contributed by atoms with van der Waals surface area (Å²) in [5, 5.41) is 7.14. The van der Waals surface area contributed by atoms with Crippen molar-refractivity contribution in [3.05, 3.63) is 77.1 Å². The molecule has 2 heterocycles. The van der Waals surface area contributed by atoms with Crippen LogP contribution in [0.4, 0.5) is 9.18 Å². The first-order chi connectivity index (χ1) is 16.0. The zero-order valence-corrected chi connectivity index (χ0v) is 19.0. The van der Waals surface area contributed by atoms with E-state index in [4.69, 9.17) is 9.26 Å². The molecule has 0 saturated carbocycles. The first-order valence-corrected chi connectivity index (χ1v) is 11.0. The Morgan fingerprint density at radius 1 is 1.18 bits per heavy atom. The Bertz CT molecular complexity index is 1160. The largest absolute Gasteiger partial charge is 0.382 e. The van der Waals surface area contributed by atoms with Crippen LogP contribution in [0, 0.1) is 12.7 Å². The van der Waals surface area contributed by atoms with Crippen LogP contribution in [0.15, 0.2) is 58.8 Å². The second kappa shape index (κ2) is 9.95. The fraction of sp³-hybridized carbons (Fsp3) is 0.320. The summed E-state index contributed by atoms with van der Waals surface area (Å²) < 4.78 is 25.1. The molecule has 8 heteroatoms. The van der Waals surface area contributed by atoms with Crippen LogP contribution in [0.2, 0.25) is 0 Å². The van der Waals surface area contributed by atoms with Crippen molar-refractivity contribution in [1.29, 1.82) is 0 Å². The molecule has 172 valence electrons. The van der Waals surface area contributed by atoms with E-state index in [9.17, 15) is 9.18 Å². The Balaban J connectivity index is 1.74. The molecule has 0 bridgehead atoms. The summed E-state index contributed by atoms with van der Waals surface area (Å²) in [6.07, 6.45) is 0.676. The van der Waals surface area contributed by atoms with Crippen molar-refractivity contribution >= 4 is 11.6 Å². The number of amides is 2. The summed E-state index contributed by atoms with van der Waals surface area (Å²) in [6.45, 7) is 7.43. The average molecular weight is 451 g/mol. The van der Waals surface area contributed by atoms with E-state index < -0.39 is 6.04 Å². The zero-order valence-electron chi connectivity index (χ0n) is 19.0. The van der Waals surface area contributed by atoms with Gasteiger partial charge in [-0.2, -0.15) is 4.98 Å². The van der Waals surface area contributed by atoms with Crippen LogP contribution in [0.3, 0.4) is 0 Å². The SMILES string of the molecule is CCOCCCN1C(=O)NC(c2cccc(F)c2)C(c2nc(-c3ccc(C)cc3)no2)=C1C. The minimum atomic E-state index is -0.623. The van der Waals surface area contributed by atoms with Gasteiger partial charge in [-0.05, 0) is 44.9 Å². The Labute approximate surface area is 192 Å². The number of allylic oxidation sites excluding steroid dienone is 1. The number of benzene rings is 2. The van der Waals surface area contributed by atoms with Gasteiger partial charge in [0, 0.05) is 31.0 Å². The van der Waals surface area contributed by atoms with Crippen molar-refractivity contribution in [3.63, 3.8) is 0 Å². The highest BCUT2D eigenvalue weighted by Gasteiger charge is 2.35. The standard InChI is InChI=1S/C25H27FN4O3/c1-4-32-14-6-13-30-17(3)21(22(27-25(30)31)19-7-5-8-20(26)15-19)24-28-23(29-33-24)18-11-9-16(2)10-12-18/h5,7-12,15,22H,4,6,13-14H2,1-3H3,(H,27,31). The molecule has 3 aromatic rings. The lowest BCUT2D eigenvalue weighted by Crippen LogP contribution is -2.46. The number of hydrogen-bond donors (Lipinski definition) is 1. The van der Waals surface area contributed by atoms with Gasteiger partial charge in [0.2, 0.25) is 5.82 Å². The maximum atomic E-state index is 14.0. The van der Waals surface area contributed by atoms with Crippen molar-refractivity contribution in [3.8, 4) is 11.4 Å². The Morgan fingerprint density at radius 3 is 2.70 bits per heavy atom. The molecule has 0 radical (unpaired) electrons.